The highest BCUT2D eigenvalue weighted by Crippen LogP contribution is 2.15. The number of rotatable bonds is 4. The zero-order chi connectivity index (χ0) is 13.8. The minimum absolute atomic E-state index is 0.131. The van der Waals surface area contributed by atoms with Gasteiger partial charge in [0.05, 0.1) is 6.61 Å². The molecule has 104 valence electrons. The molecule has 0 aliphatic carbocycles. The molecule has 0 saturated carbocycles. The van der Waals surface area contributed by atoms with Crippen molar-refractivity contribution in [3.63, 3.8) is 0 Å². The van der Waals surface area contributed by atoms with E-state index in [1.165, 1.54) is 0 Å². The summed E-state index contributed by atoms with van der Waals surface area (Å²) in [6.07, 6.45) is 3.14. The molecule has 1 saturated heterocycles. The Morgan fingerprint density at radius 1 is 1.58 bits per heavy atom. The zero-order valence-corrected chi connectivity index (χ0v) is 11.4. The van der Waals surface area contributed by atoms with E-state index < -0.39 is 0 Å². The standard InChI is InChI=1S/C14H20N2O3/c1-3-12(17)15-13-10(2)4-6-16(14(13)18)8-11-5-7-19-9-11/h4,6,11H,3,5,7-9H2,1-2H3,(H,15,17). The number of aromatic nitrogens is 1. The molecule has 1 N–H and O–H groups in total. The molecular formula is C14H20N2O3. The van der Waals surface area contributed by atoms with E-state index in [4.69, 9.17) is 4.74 Å². The lowest BCUT2D eigenvalue weighted by atomic mass is 10.1. The van der Waals surface area contributed by atoms with E-state index >= 15 is 0 Å². The van der Waals surface area contributed by atoms with E-state index in [0.29, 0.717) is 31.2 Å². The van der Waals surface area contributed by atoms with Gasteiger partial charge in [-0.3, -0.25) is 9.59 Å². The van der Waals surface area contributed by atoms with Crippen LogP contribution in [0.1, 0.15) is 25.3 Å². The molecule has 19 heavy (non-hydrogen) atoms. The number of carbonyl (C=O) groups excluding carboxylic acids is 1. The van der Waals surface area contributed by atoms with Gasteiger partial charge in [-0.2, -0.15) is 0 Å². The highest BCUT2D eigenvalue weighted by molar-refractivity contribution is 5.90. The van der Waals surface area contributed by atoms with Crippen LogP contribution in [0.5, 0.6) is 0 Å². The minimum atomic E-state index is -0.137. The van der Waals surface area contributed by atoms with Gasteiger partial charge in [0, 0.05) is 31.7 Å². The summed E-state index contributed by atoms with van der Waals surface area (Å²) >= 11 is 0. The number of pyridine rings is 1. The third-order valence-corrected chi connectivity index (χ3v) is 3.44. The topological polar surface area (TPSA) is 60.3 Å². The van der Waals surface area contributed by atoms with Crippen LogP contribution in [0.25, 0.3) is 0 Å². The summed E-state index contributed by atoms with van der Waals surface area (Å²) in [5.74, 6) is 0.247. The summed E-state index contributed by atoms with van der Waals surface area (Å²) in [7, 11) is 0. The number of anilines is 1. The average Bonchev–Trinajstić information content (AvgIpc) is 2.90. The number of amides is 1. The van der Waals surface area contributed by atoms with Crippen molar-refractivity contribution >= 4 is 11.6 Å². The first-order valence-electron chi connectivity index (χ1n) is 6.69. The molecule has 1 aliphatic rings. The van der Waals surface area contributed by atoms with Crippen LogP contribution < -0.4 is 10.9 Å². The summed E-state index contributed by atoms with van der Waals surface area (Å²) in [5.41, 5.74) is 1.06. The molecule has 0 aromatic carbocycles. The number of carbonyl (C=O) groups is 1. The summed E-state index contributed by atoms with van der Waals surface area (Å²) in [4.78, 5) is 23.8. The lowest BCUT2D eigenvalue weighted by Crippen LogP contribution is -2.28. The third kappa shape index (κ3) is 3.23. The Morgan fingerprint density at radius 3 is 3.00 bits per heavy atom. The first-order valence-corrected chi connectivity index (χ1v) is 6.69. The van der Waals surface area contributed by atoms with Crippen LogP contribution in [0.4, 0.5) is 5.69 Å². The van der Waals surface area contributed by atoms with Gasteiger partial charge in [0.25, 0.3) is 5.56 Å². The zero-order valence-electron chi connectivity index (χ0n) is 11.4. The predicted octanol–water partition coefficient (Wildman–Crippen LogP) is 1.54. The summed E-state index contributed by atoms with van der Waals surface area (Å²) in [6, 6.07) is 1.86. The summed E-state index contributed by atoms with van der Waals surface area (Å²) < 4.78 is 6.98. The summed E-state index contributed by atoms with van der Waals surface area (Å²) in [5, 5.41) is 2.69. The van der Waals surface area contributed by atoms with Crippen molar-refractivity contribution in [2.45, 2.75) is 33.2 Å². The molecule has 1 atom stereocenters. The van der Waals surface area contributed by atoms with E-state index in [-0.39, 0.29) is 11.5 Å². The van der Waals surface area contributed by atoms with Gasteiger partial charge < -0.3 is 14.6 Å². The van der Waals surface area contributed by atoms with Gasteiger partial charge in [0.1, 0.15) is 5.69 Å². The first kappa shape index (κ1) is 13.8. The van der Waals surface area contributed by atoms with Crippen LogP contribution in [0.2, 0.25) is 0 Å². The van der Waals surface area contributed by atoms with E-state index in [0.717, 1.165) is 18.6 Å². The minimum Gasteiger partial charge on any atom is -0.381 e. The van der Waals surface area contributed by atoms with Gasteiger partial charge in [-0.15, -0.1) is 0 Å². The molecule has 1 unspecified atom stereocenters. The van der Waals surface area contributed by atoms with Crippen molar-refractivity contribution in [1.29, 1.82) is 0 Å². The Morgan fingerprint density at radius 2 is 2.37 bits per heavy atom. The van der Waals surface area contributed by atoms with Gasteiger partial charge in [-0.05, 0) is 25.0 Å². The van der Waals surface area contributed by atoms with Crippen molar-refractivity contribution in [3.05, 3.63) is 28.2 Å². The fourth-order valence-electron chi connectivity index (χ4n) is 2.19. The molecular weight excluding hydrogens is 244 g/mol. The largest absolute Gasteiger partial charge is 0.381 e. The Kier molecular flexibility index (Phi) is 4.37. The summed E-state index contributed by atoms with van der Waals surface area (Å²) in [6.45, 7) is 5.72. The SMILES string of the molecule is CCC(=O)Nc1c(C)ccn(CC2CCOC2)c1=O. The third-order valence-electron chi connectivity index (χ3n) is 3.44. The maximum Gasteiger partial charge on any atom is 0.274 e. The molecule has 2 rings (SSSR count). The maximum absolute atomic E-state index is 12.3. The average molecular weight is 264 g/mol. The van der Waals surface area contributed by atoms with Gasteiger partial charge in [0.15, 0.2) is 0 Å². The predicted molar refractivity (Wildman–Crippen MR) is 73.3 cm³/mol. The highest BCUT2D eigenvalue weighted by atomic mass is 16.5. The molecule has 2 heterocycles. The van der Waals surface area contributed by atoms with Crippen LogP contribution in [-0.2, 0) is 16.1 Å². The molecule has 1 aliphatic heterocycles. The van der Waals surface area contributed by atoms with Crippen LogP contribution in [0.15, 0.2) is 17.1 Å². The Balaban J connectivity index is 2.23. The number of nitrogens with zero attached hydrogens (tertiary/aromatic N) is 1. The van der Waals surface area contributed by atoms with Crippen LogP contribution in [0, 0.1) is 12.8 Å². The highest BCUT2D eigenvalue weighted by Gasteiger charge is 2.18. The van der Waals surface area contributed by atoms with Crippen molar-refractivity contribution in [1.82, 2.24) is 4.57 Å². The number of nitrogens with one attached hydrogen (secondary N) is 1. The molecule has 1 fully saturated rings. The van der Waals surface area contributed by atoms with Gasteiger partial charge in [-0.25, -0.2) is 0 Å². The van der Waals surface area contributed by atoms with Crippen molar-refractivity contribution in [3.8, 4) is 0 Å². The Bertz CT molecular complexity index is 516. The normalized spacial score (nSPS) is 18.5. The molecule has 0 radical (unpaired) electrons. The lowest BCUT2D eigenvalue weighted by Gasteiger charge is -2.14. The number of hydrogen-bond acceptors (Lipinski definition) is 3. The van der Waals surface area contributed by atoms with E-state index in [1.54, 1.807) is 17.7 Å². The van der Waals surface area contributed by atoms with Crippen LogP contribution in [-0.4, -0.2) is 23.7 Å². The molecule has 5 nitrogen and oxygen atoms in total. The quantitative estimate of drug-likeness (QED) is 0.897. The second-order valence-corrected chi connectivity index (χ2v) is 4.96. The van der Waals surface area contributed by atoms with Gasteiger partial charge in [-0.1, -0.05) is 6.92 Å². The smallest absolute Gasteiger partial charge is 0.274 e. The first-order chi connectivity index (χ1) is 9.11. The van der Waals surface area contributed by atoms with Crippen LogP contribution in [0.3, 0.4) is 0 Å². The second-order valence-electron chi connectivity index (χ2n) is 4.96. The number of aryl methyl sites for hydroxylation is 1. The molecule has 0 bridgehead atoms. The van der Waals surface area contributed by atoms with Crippen LogP contribution >= 0.6 is 0 Å². The van der Waals surface area contributed by atoms with E-state index in [9.17, 15) is 9.59 Å². The lowest BCUT2D eigenvalue weighted by molar-refractivity contribution is -0.115. The fourth-order valence-corrected chi connectivity index (χ4v) is 2.19. The van der Waals surface area contributed by atoms with Crippen molar-refractivity contribution < 1.29 is 9.53 Å². The molecule has 1 aromatic heterocycles. The van der Waals surface area contributed by atoms with Crippen molar-refractivity contribution in [2.24, 2.45) is 5.92 Å². The number of hydrogen-bond donors (Lipinski definition) is 1. The van der Waals surface area contributed by atoms with E-state index in [1.807, 2.05) is 13.0 Å². The van der Waals surface area contributed by atoms with Gasteiger partial charge >= 0.3 is 0 Å². The van der Waals surface area contributed by atoms with Crippen molar-refractivity contribution in [2.75, 3.05) is 18.5 Å². The molecule has 0 spiro atoms. The Hall–Kier alpha value is -1.62. The fraction of sp³-hybridized carbons (Fsp3) is 0.571. The molecule has 1 aromatic rings. The molecule has 5 heteroatoms. The Labute approximate surface area is 112 Å². The monoisotopic (exact) mass is 264 g/mol. The second kappa shape index (κ2) is 6.02. The van der Waals surface area contributed by atoms with Gasteiger partial charge in [0.2, 0.25) is 5.91 Å². The number of ether oxygens (including phenoxy) is 1. The molecule has 1 amide bonds. The maximum atomic E-state index is 12.3. The van der Waals surface area contributed by atoms with E-state index in [2.05, 4.69) is 5.32 Å².